The van der Waals surface area contributed by atoms with Gasteiger partial charge < -0.3 is 10.1 Å². The minimum absolute atomic E-state index is 0.103. The molecule has 0 amide bonds. The normalized spacial score (nSPS) is 12.3. The third-order valence-electron chi connectivity index (χ3n) is 3.47. The number of fused-ring (bicyclic) bond motifs is 1. The van der Waals surface area contributed by atoms with Gasteiger partial charge in [0.2, 0.25) is 5.65 Å². The van der Waals surface area contributed by atoms with Crippen LogP contribution in [0.4, 0.5) is 5.82 Å². The molecule has 0 bridgehead atoms. The van der Waals surface area contributed by atoms with E-state index in [0.717, 1.165) is 28.6 Å². The van der Waals surface area contributed by atoms with Gasteiger partial charge in [-0.05, 0) is 31.5 Å². The zero-order valence-corrected chi connectivity index (χ0v) is 12.2. The fourth-order valence-corrected chi connectivity index (χ4v) is 2.22. The lowest BCUT2D eigenvalue weighted by Crippen LogP contribution is -2.09. The second kappa shape index (κ2) is 5.40. The van der Waals surface area contributed by atoms with Gasteiger partial charge in [0.1, 0.15) is 11.6 Å². The van der Waals surface area contributed by atoms with Gasteiger partial charge in [0.15, 0.2) is 5.82 Å². The van der Waals surface area contributed by atoms with Crippen LogP contribution in [0.1, 0.15) is 24.4 Å². The van der Waals surface area contributed by atoms with Crippen molar-refractivity contribution in [2.75, 3.05) is 12.4 Å². The Balaban J connectivity index is 1.87. The number of aryl methyl sites for hydroxylation is 1. The number of benzene rings is 1. The maximum absolute atomic E-state index is 5.17. The van der Waals surface area contributed by atoms with Gasteiger partial charge in [0.05, 0.1) is 13.2 Å². The van der Waals surface area contributed by atoms with E-state index in [1.54, 1.807) is 13.3 Å². The topological polar surface area (TPSA) is 64.3 Å². The van der Waals surface area contributed by atoms with Crippen LogP contribution >= 0.6 is 0 Å². The maximum Gasteiger partial charge on any atom is 0.203 e. The van der Waals surface area contributed by atoms with E-state index in [-0.39, 0.29) is 6.04 Å². The van der Waals surface area contributed by atoms with Crippen LogP contribution in [0.3, 0.4) is 0 Å². The van der Waals surface area contributed by atoms with Crippen LogP contribution in [0, 0.1) is 6.92 Å². The SMILES string of the molecule is COc1ccc(C(C)Nc2nccn3c(C)nnc23)cc1. The van der Waals surface area contributed by atoms with Crippen LogP contribution in [0.25, 0.3) is 5.65 Å². The van der Waals surface area contributed by atoms with E-state index in [4.69, 9.17) is 4.74 Å². The number of anilines is 1. The Labute approximate surface area is 122 Å². The number of nitrogens with one attached hydrogen (secondary N) is 1. The Morgan fingerprint density at radius 2 is 1.95 bits per heavy atom. The predicted octanol–water partition coefficient (Wildman–Crippen LogP) is 2.61. The zero-order chi connectivity index (χ0) is 14.8. The van der Waals surface area contributed by atoms with Crippen molar-refractivity contribution < 1.29 is 4.74 Å². The van der Waals surface area contributed by atoms with Gasteiger partial charge in [-0.25, -0.2) is 4.98 Å². The number of hydrogen-bond donors (Lipinski definition) is 1. The fourth-order valence-electron chi connectivity index (χ4n) is 2.22. The summed E-state index contributed by atoms with van der Waals surface area (Å²) in [5.74, 6) is 2.41. The van der Waals surface area contributed by atoms with E-state index >= 15 is 0 Å². The summed E-state index contributed by atoms with van der Waals surface area (Å²) < 4.78 is 7.09. The second-order valence-corrected chi connectivity index (χ2v) is 4.86. The highest BCUT2D eigenvalue weighted by atomic mass is 16.5. The van der Waals surface area contributed by atoms with Crippen molar-refractivity contribution in [3.05, 3.63) is 48.0 Å². The van der Waals surface area contributed by atoms with E-state index < -0.39 is 0 Å². The molecule has 2 heterocycles. The second-order valence-electron chi connectivity index (χ2n) is 4.86. The van der Waals surface area contributed by atoms with Crippen molar-refractivity contribution in [2.45, 2.75) is 19.9 Å². The highest BCUT2D eigenvalue weighted by Gasteiger charge is 2.11. The molecule has 0 saturated carbocycles. The number of hydrogen-bond acceptors (Lipinski definition) is 5. The predicted molar refractivity (Wildman–Crippen MR) is 80.6 cm³/mol. The first-order valence-electron chi connectivity index (χ1n) is 6.76. The summed E-state index contributed by atoms with van der Waals surface area (Å²) in [6.45, 7) is 3.99. The molecule has 0 aliphatic heterocycles. The smallest absolute Gasteiger partial charge is 0.203 e. The van der Waals surface area contributed by atoms with E-state index in [9.17, 15) is 0 Å². The number of methoxy groups -OCH3 is 1. The van der Waals surface area contributed by atoms with Crippen molar-refractivity contribution in [3.8, 4) is 5.75 Å². The molecule has 0 aliphatic carbocycles. The molecule has 0 radical (unpaired) electrons. The van der Waals surface area contributed by atoms with E-state index in [0.29, 0.717) is 0 Å². The molecule has 6 nitrogen and oxygen atoms in total. The number of rotatable bonds is 4. The Bertz CT molecular complexity index is 750. The van der Waals surface area contributed by atoms with E-state index in [2.05, 4.69) is 27.4 Å². The Hall–Kier alpha value is -2.63. The summed E-state index contributed by atoms with van der Waals surface area (Å²) in [6, 6.07) is 8.06. The summed E-state index contributed by atoms with van der Waals surface area (Å²) in [5.41, 5.74) is 1.88. The van der Waals surface area contributed by atoms with Crippen LogP contribution < -0.4 is 10.1 Å². The first-order chi connectivity index (χ1) is 10.2. The third-order valence-corrected chi connectivity index (χ3v) is 3.47. The number of aromatic nitrogens is 4. The fraction of sp³-hybridized carbons (Fsp3) is 0.267. The summed E-state index contributed by atoms with van der Waals surface area (Å²) in [7, 11) is 1.66. The molecule has 2 aromatic heterocycles. The third kappa shape index (κ3) is 2.52. The van der Waals surface area contributed by atoms with Gasteiger partial charge in [-0.2, -0.15) is 0 Å². The first kappa shape index (κ1) is 13.4. The quantitative estimate of drug-likeness (QED) is 0.797. The minimum atomic E-state index is 0.103. The lowest BCUT2D eigenvalue weighted by molar-refractivity contribution is 0.414. The highest BCUT2D eigenvalue weighted by molar-refractivity contribution is 5.62. The highest BCUT2D eigenvalue weighted by Crippen LogP contribution is 2.22. The lowest BCUT2D eigenvalue weighted by atomic mass is 10.1. The maximum atomic E-state index is 5.17. The van der Waals surface area contributed by atoms with Crippen LogP contribution in [-0.2, 0) is 0 Å². The van der Waals surface area contributed by atoms with Gasteiger partial charge in [0, 0.05) is 12.4 Å². The molecule has 1 unspecified atom stereocenters. The zero-order valence-electron chi connectivity index (χ0n) is 12.2. The largest absolute Gasteiger partial charge is 0.497 e. The van der Waals surface area contributed by atoms with Crippen molar-refractivity contribution in [3.63, 3.8) is 0 Å². The van der Waals surface area contributed by atoms with Gasteiger partial charge in [-0.3, -0.25) is 4.40 Å². The average molecular weight is 283 g/mol. The van der Waals surface area contributed by atoms with Gasteiger partial charge in [0.25, 0.3) is 0 Å². The number of nitrogens with zero attached hydrogens (tertiary/aromatic N) is 4. The van der Waals surface area contributed by atoms with Crippen LogP contribution in [0.2, 0.25) is 0 Å². The molecule has 3 aromatic rings. The summed E-state index contributed by atoms with van der Waals surface area (Å²) in [6.07, 6.45) is 3.60. The Morgan fingerprint density at radius 3 is 2.67 bits per heavy atom. The van der Waals surface area contributed by atoms with Crippen LogP contribution in [0.5, 0.6) is 5.75 Å². The molecule has 0 saturated heterocycles. The Morgan fingerprint density at radius 1 is 1.19 bits per heavy atom. The molecule has 1 N–H and O–H groups in total. The van der Waals surface area contributed by atoms with E-state index in [1.807, 2.05) is 41.8 Å². The number of ether oxygens (including phenoxy) is 1. The minimum Gasteiger partial charge on any atom is -0.497 e. The molecule has 108 valence electrons. The van der Waals surface area contributed by atoms with Crippen molar-refractivity contribution in [2.24, 2.45) is 0 Å². The molecule has 1 aromatic carbocycles. The molecule has 1 atom stereocenters. The van der Waals surface area contributed by atoms with Crippen molar-refractivity contribution >= 4 is 11.5 Å². The molecule has 0 fully saturated rings. The lowest BCUT2D eigenvalue weighted by Gasteiger charge is -2.15. The van der Waals surface area contributed by atoms with Crippen LogP contribution in [0.15, 0.2) is 36.7 Å². The van der Waals surface area contributed by atoms with Gasteiger partial charge >= 0.3 is 0 Å². The standard InChI is InChI=1S/C15H17N5O/c1-10(12-4-6-13(21-3)7-5-12)17-14-15-19-18-11(2)20(15)9-8-16-14/h4-10H,1-3H3,(H,16,17). The Kier molecular flexibility index (Phi) is 3.43. The molecule has 3 rings (SSSR count). The van der Waals surface area contributed by atoms with Gasteiger partial charge in [-0.15, -0.1) is 10.2 Å². The summed E-state index contributed by atoms with van der Waals surface area (Å²) >= 11 is 0. The van der Waals surface area contributed by atoms with Gasteiger partial charge in [-0.1, -0.05) is 12.1 Å². The van der Waals surface area contributed by atoms with Crippen LogP contribution in [-0.4, -0.2) is 26.7 Å². The first-order valence-corrected chi connectivity index (χ1v) is 6.76. The summed E-state index contributed by atoms with van der Waals surface area (Å²) in [4.78, 5) is 4.36. The molecule has 0 aliphatic rings. The summed E-state index contributed by atoms with van der Waals surface area (Å²) in [5, 5.41) is 11.6. The monoisotopic (exact) mass is 283 g/mol. The molecule has 0 spiro atoms. The molecular formula is C15H17N5O. The molecule has 6 heteroatoms. The van der Waals surface area contributed by atoms with Crippen molar-refractivity contribution in [1.29, 1.82) is 0 Å². The molecular weight excluding hydrogens is 266 g/mol. The van der Waals surface area contributed by atoms with E-state index in [1.165, 1.54) is 0 Å². The van der Waals surface area contributed by atoms with Crippen molar-refractivity contribution in [1.82, 2.24) is 19.6 Å². The molecule has 21 heavy (non-hydrogen) atoms. The average Bonchev–Trinajstić information content (AvgIpc) is 2.90.